The number of likely N-dealkylation sites (tertiary alicyclic amines) is 1. The first-order valence-electron chi connectivity index (χ1n) is 9.06. The minimum Gasteiger partial charge on any atom is -0.439 e. The predicted octanol–water partition coefficient (Wildman–Crippen LogP) is 2.72. The van der Waals surface area contributed by atoms with Crippen LogP contribution in [-0.2, 0) is 16.1 Å². The third-order valence-electron chi connectivity index (χ3n) is 4.65. The largest absolute Gasteiger partial charge is 0.439 e. The van der Waals surface area contributed by atoms with Gasteiger partial charge in [-0.2, -0.15) is 0 Å². The average molecular weight is 382 g/mol. The predicted molar refractivity (Wildman–Crippen MR) is 102 cm³/mol. The van der Waals surface area contributed by atoms with Crippen LogP contribution in [0.3, 0.4) is 0 Å². The molecular formula is C19H28ClN3O3. The third kappa shape index (κ3) is 7.22. The summed E-state index contributed by atoms with van der Waals surface area (Å²) >= 11 is 6.14. The molecule has 1 saturated heterocycles. The van der Waals surface area contributed by atoms with E-state index in [0.29, 0.717) is 12.5 Å². The molecule has 6 nitrogen and oxygen atoms in total. The molecule has 2 amide bonds. The number of benzene rings is 1. The SMILES string of the molecule is CNC(=O)COC(=O)NCCC1CCN(Cc2cc(C)cc(Cl)c2)CC1. The van der Waals surface area contributed by atoms with Gasteiger partial charge >= 0.3 is 6.09 Å². The van der Waals surface area contributed by atoms with Crippen LogP contribution in [0.5, 0.6) is 0 Å². The molecule has 2 rings (SSSR count). The summed E-state index contributed by atoms with van der Waals surface area (Å²) in [6.45, 7) is 5.43. The Morgan fingerprint density at radius 2 is 2.00 bits per heavy atom. The van der Waals surface area contributed by atoms with Gasteiger partial charge in [0, 0.05) is 25.2 Å². The Kier molecular flexibility index (Phi) is 8.19. The van der Waals surface area contributed by atoms with E-state index in [9.17, 15) is 9.59 Å². The molecule has 0 aromatic heterocycles. The molecule has 0 unspecified atom stereocenters. The molecule has 7 heteroatoms. The Bertz CT molecular complexity index is 596. The van der Waals surface area contributed by atoms with Crippen LogP contribution in [0.15, 0.2) is 18.2 Å². The molecule has 0 radical (unpaired) electrons. The maximum absolute atomic E-state index is 11.5. The molecule has 1 aliphatic heterocycles. The van der Waals surface area contributed by atoms with Gasteiger partial charge in [0.15, 0.2) is 6.61 Å². The molecule has 144 valence electrons. The van der Waals surface area contributed by atoms with Crippen LogP contribution in [0.4, 0.5) is 4.79 Å². The summed E-state index contributed by atoms with van der Waals surface area (Å²) in [5.41, 5.74) is 2.45. The Balaban J connectivity index is 1.62. The number of rotatable bonds is 7. The van der Waals surface area contributed by atoms with Crippen molar-refractivity contribution in [1.29, 1.82) is 0 Å². The lowest BCUT2D eigenvalue weighted by atomic mass is 9.93. The number of hydrogen-bond acceptors (Lipinski definition) is 4. The number of aryl methyl sites for hydroxylation is 1. The van der Waals surface area contributed by atoms with Gasteiger partial charge < -0.3 is 15.4 Å². The van der Waals surface area contributed by atoms with E-state index in [2.05, 4.69) is 28.5 Å². The number of ether oxygens (including phenoxy) is 1. The van der Waals surface area contributed by atoms with E-state index in [1.54, 1.807) is 0 Å². The van der Waals surface area contributed by atoms with E-state index in [1.165, 1.54) is 18.2 Å². The van der Waals surface area contributed by atoms with Crippen molar-refractivity contribution in [2.75, 3.05) is 33.3 Å². The lowest BCUT2D eigenvalue weighted by Crippen LogP contribution is -2.35. The summed E-state index contributed by atoms with van der Waals surface area (Å²) in [4.78, 5) is 24.9. The van der Waals surface area contributed by atoms with E-state index in [-0.39, 0.29) is 12.5 Å². The van der Waals surface area contributed by atoms with Gasteiger partial charge in [-0.15, -0.1) is 0 Å². The van der Waals surface area contributed by atoms with Crippen molar-refractivity contribution >= 4 is 23.6 Å². The van der Waals surface area contributed by atoms with Gasteiger partial charge in [-0.05, 0) is 68.5 Å². The highest BCUT2D eigenvalue weighted by Gasteiger charge is 2.19. The first-order chi connectivity index (χ1) is 12.5. The van der Waals surface area contributed by atoms with Gasteiger partial charge in [0.1, 0.15) is 0 Å². The van der Waals surface area contributed by atoms with Crippen LogP contribution in [0, 0.1) is 12.8 Å². The number of nitrogens with one attached hydrogen (secondary N) is 2. The van der Waals surface area contributed by atoms with Crippen LogP contribution < -0.4 is 10.6 Å². The Hall–Kier alpha value is -1.79. The molecule has 1 fully saturated rings. The molecule has 0 atom stereocenters. The van der Waals surface area contributed by atoms with E-state index < -0.39 is 6.09 Å². The molecule has 2 N–H and O–H groups in total. The Morgan fingerprint density at radius 3 is 2.65 bits per heavy atom. The summed E-state index contributed by atoms with van der Waals surface area (Å²) in [5.74, 6) is 0.286. The van der Waals surface area contributed by atoms with Gasteiger partial charge in [0.25, 0.3) is 5.91 Å². The van der Waals surface area contributed by atoms with E-state index >= 15 is 0 Å². The maximum Gasteiger partial charge on any atom is 0.407 e. The molecule has 0 aliphatic carbocycles. The third-order valence-corrected chi connectivity index (χ3v) is 4.87. The van der Waals surface area contributed by atoms with Crippen LogP contribution in [-0.4, -0.2) is 50.2 Å². The Morgan fingerprint density at radius 1 is 1.27 bits per heavy atom. The fourth-order valence-electron chi connectivity index (χ4n) is 3.23. The van der Waals surface area contributed by atoms with Crippen LogP contribution in [0.2, 0.25) is 5.02 Å². The molecule has 0 bridgehead atoms. The van der Waals surface area contributed by atoms with Crippen molar-refractivity contribution in [3.05, 3.63) is 34.3 Å². The quantitative estimate of drug-likeness (QED) is 0.761. The Labute approximate surface area is 160 Å². The summed E-state index contributed by atoms with van der Waals surface area (Å²) in [6, 6.07) is 6.20. The number of likely N-dealkylation sites (N-methyl/N-ethyl adjacent to an activating group) is 1. The number of halogens is 1. The van der Waals surface area contributed by atoms with Crippen molar-refractivity contribution in [2.24, 2.45) is 5.92 Å². The van der Waals surface area contributed by atoms with Crippen molar-refractivity contribution in [3.8, 4) is 0 Å². The maximum atomic E-state index is 11.5. The smallest absolute Gasteiger partial charge is 0.407 e. The first kappa shape index (κ1) is 20.5. The molecule has 1 aromatic carbocycles. The number of amides is 2. The minimum atomic E-state index is -0.539. The van der Waals surface area contributed by atoms with Gasteiger partial charge in [-0.3, -0.25) is 9.69 Å². The number of carbonyl (C=O) groups excluding carboxylic acids is 2. The highest BCUT2D eigenvalue weighted by atomic mass is 35.5. The topological polar surface area (TPSA) is 70.7 Å². The monoisotopic (exact) mass is 381 g/mol. The molecular weight excluding hydrogens is 354 g/mol. The standard InChI is InChI=1S/C19H28ClN3O3/c1-14-9-16(11-17(20)10-14)12-23-7-4-15(5-8-23)3-6-22-19(25)26-13-18(24)21-2/h9-11,15H,3-8,12-13H2,1-2H3,(H,21,24)(H,22,25). The molecule has 0 spiro atoms. The van der Waals surface area contributed by atoms with Crippen molar-refractivity contribution in [3.63, 3.8) is 0 Å². The summed E-state index contributed by atoms with van der Waals surface area (Å²) < 4.78 is 4.81. The normalized spacial score (nSPS) is 15.5. The van der Waals surface area contributed by atoms with Gasteiger partial charge in [-0.25, -0.2) is 4.79 Å². The summed E-state index contributed by atoms with van der Waals surface area (Å²) in [5, 5.41) is 5.90. The molecule has 0 saturated carbocycles. The second-order valence-electron chi connectivity index (χ2n) is 6.82. The van der Waals surface area contributed by atoms with E-state index in [4.69, 9.17) is 16.3 Å². The van der Waals surface area contributed by atoms with Crippen LogP contribution in [0.25, 0.3) is 0 Å². The number of nitrogens with zero attached hydrogens (tertiary/aromatic N) is 1. The summed E-state index contributed by atoms with van der Waals surface area (Å²) in [6.07, 6.45) is 2.63. The highest BCUT2D eigenvalue weighted by molar-refractivity contribution is 6.30. The number of carbonyl (C=O) groups is 2. The zero-order valence-corrected chi connectivity index (χ0v) is 16.3. The molecule has 1 heterocycles. The van der Waals surface area contributed by atoms with Crippen molar-refractivity contribution in [2.45, 2.75) is 32.7 Å². The second kappa shape index (κ2) is 10.4. The lowest BCUT2D eigenvalue weighted by molar-refractivity contribution is -0.123. The van der Waals surface area contributed by atoms with E-state index in [1.807, 2.05) is 12.1 Å². The molecule has 1 aliphatic rings. The van der Waals surface area contributed by atoms with Gasteiger partial charge in [0.2, 0.25) is 0 Å². The fraction of sp³-hybridized carbons (Fsp3) is 0.579. The van der Waals surface area contributed by atoms with Gasteiger partial charge in [0.05, 0.1) is 0 Å². The number of piperidine rings is 1. The van der Waals surface area contributed by atoms with Crippen molar-refractivity contribution < 1.29 is 14.3 Å². The van der Waals surface area contributed by atoms with Crippen molar-refractivity contribution in [1.82, 2.24) is 15.5 Å². The van der Waals surface area contributed by atoms with Crippen LogP contribution in [0.1, 0.15) is 30.4 Å². The second-order valence-corrected chi connectivity index (χ2v) is 7.26. The zero-order chi connectivity index (χ0) is 18.9. The molecule has 1 aromatic rings. The van der Waals surface area contributed by atoms with Gasteiger partial charge in [-0.1, -0.05) is 17.7 Å². The minimum absolute atomic E-state index is 0.246. The highest BCUT2D eigenvalue weighted by Crippen LogP contribution is 2.23. The number of hydrogen-bond donors (Lipinski definition) is 2. The number of alkyl carbamates (subject to hydrolysis) is 1. The summed E-state index contributed by atoms with van der Waals surface area (Å²) in [7, 11) is 1.50. The average Bonchev–Trinajstić information content (AvgIpc) is 2.60. The van der Waals surface area contributed by atoms with Crippen LogP contribution >= 0.6 is 11.6 Å². The van der Waals surface area contributed by atoms with E-state index in [0.717, 1.165) is 43.9 Å². The zero-order valence-electron chi connectivity index (χ0n) is 15.5. The fourth-order valence-corrected chi connectivity index (χ4v) is 3.54. The molecule has 26 heavy (non-hydrogen) atoms. The first-order valence-corrected chi connectivity index (χ1v) is 9.43. The lowest BCUT2D eigenvalue weighted by Gasteiger charge is -2.32.